The molecule has 1 aliphatic carbocycles. The SMILES string of the molecule is O=C([O-])C1=C(C[n+]2ccc3cc(O)c(O)cc3c2)C(C(c2ccccc2)c2ccccc2)S(=O)[C@@H]2C(NC(=O)C(=NOC3(C(=O)OC(c4ccccc4)c4ccccc4)CCCC3)c3csc(NC(c4ccccc4)(c4ccccc4)c4ccccc4)n3)C(=O)N12. The van der Waals surface area contributed by atoms with Gasteiger partial charge >= 0.3 is 5.97 Å². The number of pyridine rings is 1. The fraction of sp³-hybridized carbons (Fsp3) is 0.164. The highest BCUT2D eigenvalue weighted by molar-refractivity contribution is 7.86. The summed E-state index contributed by atoms with van der Waals surface area (Å²) in [5.74, 6) is -5.78. The van der Waals surface area contributed by atoms with E-state index in [-0.39, 0.29) is 42.2 Å². The van der Waals surface area contributed by atoms with Gasteiger partial charge in [0.1, 0.15) is 22.6 Å². The van der Waals surface area contributed by atoms with E-state index >= 15 is 13.8 Å². The number of esters is 1. The topological polar surface area (TPSA) is 224 Å². The molecular weight excluding hydrogens is 1180 g/mol. The smallest absolute Gasteiger partial charge is 0.354 e. The van der Waals surface area contributed by atoms with Crippen molar-refractivity contribution in [3.05, 3.63) is 304 Å². The number of benzene rings is 8. The lowest BCUT2D eigenvalue weighted by Gasteiger charge is -2.53. The van der Waals surface area contributed by atoms with Crippen LogP contribution in [0.15, 0.2) is 265 Å². The number of nitrogens with zero attached hydrogens (tertiary/aromatic N) is 4. The molecule has 8 aromatic carbocycles. The molecule has 1 saturated carbocycles. The molecule has 4 atom stereocenters. The van der Waals surface area contributed by atoms with Crippen LogP contribution in [0.5, 0.6) is 11.5 Å². The van der Waals surface area contributed by atoms with Crippen LogP contribution in [0.1, 0.15) is 82.3 Å². The van der Waals surface area contributed by atoms with Crippen molar-refractivity contribution in [1.29, 1.82) is 0 Å². The Morgan fingerprint density at radius 3 is 1.69 bits per heavy atom. The highest BCUT2D eigenvalue weighted by Crippen LogP contribution is 2.47. The minimum atomic E-state index is -2.22. The first kappa shape index (κ1) is 59.4. The van der Waals surface area contributed by atoms with Crippen molar-refractivity contribution in [2.75, 3.05) is 5.32 Å². The lowest BCUT2D eigenvalue weighted by atomic mass is 9.77. The average Bonchev–Trinajstić information content (AvgIpc) is 1.06. The van der Waals surface area contributed by atoms with E-state index in [1.54, 1.807) is 28.4 Å². The summed E-state index contributed by atoms with van der Waals surface area (Å²) in [6.45, 7) is -0.211. The third-order valence-electron chi connectivity index (χ3n) is 17.2. The Labute approximate surface area is 530 Å². The molecule has 0 radical (unpaired) electrons. The van der Waals surface area contributed by atoms with Gasteiger partial charge in [-0.2, -0.15) is 0 Å². The number of aliphatic carboxylic acids is 1. The molecule has 16 nitrogen and oxygen atoms in total. The summed E-state index contributed by atoms with van der Waals surface area (Å²) in [5.41, 5.74) is 1.88. The number of hydrogen-bond acceptors (Lipinski definition) is 14. The molecule has 4 N–H and O–H groups in total. The van der Waals surface area contributed by atoms with Gasteiger partial charge in [-0.3, -0.25) is 18.7 Å². The molecule has 91 heavy (non-hydrogen) atoms. The second-order valence-corrected chi connectivity index (χ2v) is 25.2. The molecule has 4 heterocycles. The van der Waals surface area contributed by atoms with Gasteiger partial charge in [0.25, 0.3) is 11.8 Å². The number of phenolic OH excluding ortho intramolecular Hbond substituents is 2. The quantitative estimate of drug-likeness (QED) is 0.0106. The van der Waals surface area contributed by atoms with E-state index in [1.165, 1.54) is 23.5 Å². The molecule has 1 saturated heterocycles. The number of ether oxygens (including phenoxy) is 1. The first-order valence-electron chi connectivity index (χ1n) is 29.8. The van der Waals surface area contributed by atoms with Gasteiger partial charge in [-0.05, 0) is 69.3 Å². The van der Waals surface area contributed by atoms with E-state index in [2.05, 4.69) is 15.8 Å². The average molecular weight is 1250 g/mol. The number of aromatic hydroxyl groups is 2. The van der Waals surface area contributed by atoms with Gasteiger partial charge in [-0.15, -0.1) is 11.3 Å². The van der Waals surface area contributed by atoms with Crippen molar-refractivity contribution < 1.29 is 52.8 Å². The Kier molecular flexibility index (Phi) is 16.6. The van der Waals surface area contributed by atoms with Gasteiger partial charge in [0, 0.05) is 41.2 Å². The molecule has 2 aliphatic heterocycles. The molecular formula is C73H60N6O10S2. The van der Waals surface area contributed by atoms with Crippen LogP contribution in [0.2, 0.25) is 0 Å². The molecule has 3 aliphatic rings. The fourth-order valence-electron chi connectivity index (χ4n) is 12.8. The van der Waals surface area contributed by atoms with Gasteiger partial charge in [0.15, 0.2) is 47.4 Å². The Bertz CT molecular complexity index is 4230. The van der Waals surface area contributed by atoms with Gasteiger partial charge < -0.3 is 40.3 Å². The zero-order valence-corrected chi connectivity index (χ0v) is 50.5. The second-order valence-electron chi connectivity index (χ2n) is 22.7. The molecule has 18 heteroatoms. The number of phenols is 2. The number of carboxylic acid groups (broad SMARTS) is 1. The first-order valence-corrected chi connectivity index (χ1v) is 32.0. The second kappa shape index (κ2) is 25.5. The summed E-state index contributed by atoms with van der Waals surface area (Å²) in [5, 5.41) is 46.3. The zero-order valence-electron chi connectivity index (χ0n) is 48.9. The number of β-lactam (4-membered cyclic amide) rings is 1. The van der Waals surface area contributed by atoms with Crippen LogP contribution in [0.3, 0.4) is 0 Å². The minimum Gasteiger partial charge on any atom is -0.543 e. The van der Waals surface area contributed by atoms with E-state index in [1.807, 2.05) is 212 Å². The van der Waals surface area contributed by atoms with Crippen molar-refractivity contribution in [3.8, 4) is 11.5 Å². The Morgan fingerprint density at radius 1 is 0.703 bits per heavy atom. The fourth-order valence-corrected chi connectivity index (χ4v) is 15.8. The number of hydrogen-bond donors (Lipinski definition) is 4. The highest BCUT2D eigenvalue weighted by atomic mass is 32.2. The van der Waals surface area contributed by atoms with Crippen molar-refractivity contribution in [2.24, 2.45) is 5.16 Å². The monoisotopic (exact) mass is 1240 g/mol. The number of amides is 2. The molecule has 0 bridgehead atoms. The Hall–Kier alpha value is -10.6. The summed E-state index contributed by atoms with van der Waals surface area (Å²) < 4.78 is 24.2. The number of carboxylic acids is 1. The van der Waals surface area contributed by atoms with E-state index < -0.39 is 85.8 Å². The number of aromatic nitrogens is 2. The normalized spacial score (nSPS) is 17.9. The third kappa shape index (κ3) is 11.5. The molecule has 454 valence electrons. The summed E-state index contributed by atoms with van der Waals surface area (Å²) in [6, 6.07) is 69.6. The van der Waals surface area contributed by atoms with Crippen molar-refractivity contribution >= 4 is 67.5 Å². The maximum absolute atomic E-state index is 16.1. The Balaban J connectivity index is 0.908. The predicted octanol–water partition coefficient (Wildman–Crippen LogP) is 10.1. The molecule has 2 fully saturated rings. The van der Waals surface area contributed by atoms with Gasteiger partial charge in [0.05, 0.1) is 27.7 Å². The van der Waals surface area contributed by atoms with E-state index in [0.717, 1.165) is 32.7 Å². The number of thiazole rings is 1. The maximum Gasteiger partial charge on any atom is 0.354 e. The highest BCUT2D eigenvalue weighted by Gasteiger charge is 2.61. The van der Waals surface area contributed by atoms with Crippen molar-refractivity contribution in [1.82, 2.24) is 15.2 Å². The van der Waals surface area contributed by atoms with Crippen LogP contribution in [0, 0.1) is 0 Å². The van der Waals surface area contributed by atoms with Crippen LogP contribution in [0.25, 0.3) is 10.8 Å². The van der Waals surface area contributed by atoms with Crippen LogP contribution in [0.4, 0.5) is 5.13 Å². The molecule has 0 spiro atoms. The third-order valence-corrected chi connectivity index (χ3v) is 20.0. The van der Waals surface area contributed by atoms with Crippen LogP contribution in [-0.4, -0.2) is 76.0 Å². The molecule has 3 unspecified atom stereocenters. The maximum atomic E-state index is 16.1. The number of rotatable bonds is 20. The molecule has 2 aromatic heterocycles. The largest absolute Gasteiger partial charge is 0.543 e. The Morgan fingerprint density at radius 2 is 1.19 bits per heavy atom. The number of fused-ring (bicyclic) bond motifs is 2. The molecule has 10 aromatic rings. The number of nitrogens with one attached hydrogen (secondary N) is 2. The van der Waals surface area contributed by atoms with Crippen molar-refractivity contribution in [2.45, 2.75) is 72.1 Å². The summed E-state index contributed by atoms with van der Waals surface area (Å²) >= 11 is 1.18. The number of anilines is 1. The zero-order chi connectivity index (χ0) is 62.6. The summed E-state index contributed by atoms with van der Waals surface area (Å²) in [6.07, 6.45) is 3.97. The van der Waals surface area contributed by atoms with Gasteiger partial charge in [-0.1, -0.05) is 217 Å². The van der Waals surface area contributed by atoms with Crippen LogP contribution >= 0.6 is 11.3 Å². The lowest BCUT2D eigenvalue weighted by molar-refractivity contribution is -0.688. The van der Waals surface area contributed by atoms with Crippen LogP contribution in [-0.2, 0) is 51.6 Å². The number of carbonyl (C=O) groups is 4. The summed E-state index contributed by atoms with van der Waals surface area (Å²) in [4.78, 5) is 72.1. The van der Waals surface area contributed by atoms with Gasteiger partial charge in [-0.25, -0.2) is 14.3 Å². The first-order chi connectivity index (χ1) is 44.4. The van der Waals surface area contributed by atoms with E-state index in [4.69, 9.17) is 14.6 Å². The number of carbonyl (C=O) groups excluding carboxylic acids is 4. The van der Waals surface area contributed by atoms with E-state index in [0.29, 0.717) is 39.9 Å². The summed E-state index contributed by atoms with van der Waals surface area (Å²) in [7, 11) is -2.22. The standard InChI is InChI=1S/C73H60N6O10S2/c80-58-42-51-38-41-78(44-52(51)43-59(58)81)45-56-63(69(84)85)79-67(83)62(68(79)91(87)65(56)60(47-24-8-1-9-25-47)48-26-10-2-11-27-48)75-66(82)61(77-89-72(39-22-23-40-72)70(86)88-64(49-28-12-3-13-29-49)50-30-14-4-15-31-50)57-46-90-71(74-57)76-73(53-32-16-5-17-33-53,54-34-18-6-19-35-54)55-36-20-7-21-37-55/h1-21,24-38,41-44,46,60,62,64-65,68H,22-23,39-40,45H2,(H4,74,75,76,81,82,84,85)/t62?,65?,68-,91?/m1/s1. The molecule has 2 amide bonds. The molecule has 13 rings (SSSR count). The van der Waals surface area contributed by atoms with E-state index in [9.17, 15) is 24.9 Å². The van der Waals surface area contributed by atoms with Gasteiger partial charge in [0.2, 0.25) is 5.60 Å². The minimum absolute atomic E-state index is 0.00548. The van der Waals surface area contributed by atoms with Crippen molar-refractivity contribution in [3.63, 3.8) is 0 Å². The van der Waals surface area contributed by atoms with Crippen LogP contribution < -0.4 is 20.3 Å². The number of oxime groups is 1. The predicted molar refractivity (Wildman–Crippen MR) is 343 cm³/mol. The lowest BCUT2D eigenvalue weighted by Crippen LogP contribution is -2.76.